The number of halogens is 1. The lowest BCUT2D eigenvalue weighted by atomic mass is 10.1. The first-order valence-electron chi connectivity index (χ1n) is 10.1. The second-order valence-corrected chi connectivity index (χ2v) is 8.72. The molecule has 6 heteroatoms. The van der Waals surface area contributed by atoms with Crippen molar-refractivity contribution >= 4 is 34.0 Å². The molecule has 0 radical (unpaired) electrons. The molecule has 0 unspecified atom stereocenters. The first-order valence-corrected chi connectivity index (χ1v) is 10.9. The number of ether oxygens (including phenoxy) is 1. The van der Waals surface area contributed by atoms with Crippen LogP contribution in [0.25, 0.3) is 10.9 Å². The number of fused-ring (bicyclic) bond motifs is 4. The summed E-state index contributed by atoms with van der Waals surface area (Å²) in [5, 5.41) is 4.91. The van der Waals surface area contributed by atoms with Gasteiger partial charge in [0.25, 0.3) is 0 Å². The van der Waals surface area contributed by atoms with Crippen LogP contribution >= 0.6 is 11.8 Å². The van der Waals surface area contributed by atoms with Crippen LogP contribution in [0.2, 0.25) is 0 Å². The quantitative estimate of drug-likeness (QED) is 0.502. The average Bonchev–Trinajstić information content (AvgIpc) is 2.74. The highest BCUT2D eigenvalue weighted by Gasteiger charge is 2.23. The molecular formula is C23H26ClN3OS. The maximum atomic E-state index is 6.07. The molecule has 1 aromatic heterocycles. The van der Waals surface area contributed by atoms with E-state index in [2.05, 4.69) is 70.5 Å². The lowest BCUT2D eigenvalue weighted by Crippen LogP contribution is -3.00. The molecule has 1 saturated heterocycles. The molecule has 3 heterocycles. The minimum absolute atomic E-state index is 0. The van der Waals surface area contributed by atoms with Crippen LogP contribution in [0.1, 0.15) is 19.3 Å². The van der Waals surface area contributed by atoms with Crippen molar-refractivity contribution in [2.45, 2.75) is 29.1 Å². The number of nitrogens with zero attached hydrogens (tertiary/aromatic N) is 2. The van der Waals surface area contributed by atoms with Crippen LogP contribution in [0.15, 0.2) is 58.5 Å². The Morgan fingerprint density at radius 1 is 1.07 bits per heavy atom. The van der Waals surface area contributed by atoms with Gasteiger partial charge in [-0.05, 0) is 44.1 Å². The Morgan fingerprint density at radius 3 is 2.76 bits per heavy atom. The first kappa shape index (κ1) is 20.3. The van der Waals surface area contributed by atoms with E-state index in [4.69, 9.17) is 4.74 Å². The molecule has 1 fully saturated rings. The molecule has 4 nitrogen and oxygen atoms in total. The lowest BCUT2D eigenvalue weighted by Gasteiger charge is -2.26. The third kappa shape index (κ3) is 4.18. The minimum atomic E-state index is 0. The van der Waals surface area contributed by atoms with E-state index in [1.165, 1.54) is 58.7 Å². The van der Waals surface area contributed by atoms with E-state index in [1.54, 1.807) is 0 Å². The summed E-state index contributed by atoms with van der Waals surface area (Å²) in [6.07, 6.45) is 6.23. The van der Waals surface area contributed by atoms with Gasteiger partial charge in [-0.25, -0.2) is 0 Å². The molecule has 29 heavy (non-hydrogen) atoms. The minimum Gasteiger partial charge on any atom is -1.00 e. The van der Waals surface area contributed by atoms with Crippen LogP contribution in [-0.2, 0) is 7.05 Å². The van der Waals surface area contributed by atoms with Crippen LogP contribution in [-0.4, -0.2) is 31.1 Å². The van der Waals surface area contributed by atoms with Gasteiger partial charge in [0.05, 0.1) is 16.8 Å². The summed E-state index contributed by atoms with van der Waals surface area (Å²) in [5.74, 6) is 0.943. The Kier molecular flexibility index (Phi) is 6.18. The van der Waals surface area contributed by atoms with Crippen molar-refractivity contribution in [3.63, 3.8) is 0 Å². The summed E-state index contributed by atoms with van der Waals surface area (Å²) in [7, 11) is 2.11. The molecule has 3 aromatic rings. The Labute approximate surface area is 182 Å². The third-order valence-corrected chi connectivity index (χ3v) is 6.77. The van der Waals surface area contributed by atoms with Crippen molar-refractivity contribution in [2.75, 3.05) is 31.6 Å². The van der Waals surface area contributed by atoms with Gasteiger partial charge in [-0.3, -0.25) is 4.90 Å². The summed E-state index contributed by atoms with van der Waals surface area (Å²) in [6, 6.07) is 14.9. The zero-order valence-corrected chi connectivity index (χ0v) is 18.2. The van der Waals surface area contributed by atoms with Gasteiger partial charge in [0, 0.05) is 23.6 Å². The molecule has 0 aliphatic carbocycles. The normalized spacial score (nSPS) is 15.8. The van der Waals surface area contributed by atoms with Gasteiger partial charge in [0.15, 0.2) is 6.20 Å². The highest BCUT2D eigenvalue weighted by molar-refractivity contribution is 7.99. The molecule has 5 rings (SSSR count). The fourth-order valence-corrected chi connectivity index (χ4v) is 5.22. The van der Waals surface area contributed by atoms with Crippen LogP contribution in [0.4, 0.5) is 11.4 Å². The van der Waals surface area contributed by atoms with Crippen molar-refractivity contribution in [3.8, 4) is 5.75 Å². The molecule has 0 spiro atoms. The number of nitrogens with one attached hydrogen (secondary N) is 1. The molecule has 0 saturated carbocycles. The van der Waals surface area contributed by atoms with E-state index in [9.17, 15) is 0 Å². The van der Waals surface area contributed by atoms with E-state index >= 15 is 0 Å². The van der Waals surface area contributed by atoms with Gasteiger partial charge >= 0.3 is 0 Å². The van der Waals surface area contributed by atoms with E-state index in [-0.39, 0.29) is 12.4 Å². The maximum absolute atomic E-state index is 6.07. The summed E-state index contributed by atoms with van der Waals surface area (Å²) in [4.78, 5) is 5.01. The first-order chi connectivity index (χ1) is 13.8. The topological polar surface area (TPSA) is 28.4 Å². The van der Waals surface area contributed by atoms with Crippen LogP contribution in [0, 0.1) is 0 Å². The Bertz CT molecular complexity index is 1020. The van der Waals surface area contributed by atoms with Gasteiger partial charge in [-0.2, -0.15) is 4.57 Å². The number of hydrogen-bond donors (Lipinski definition) is 1. The van der Waals surface area contributed by atoms with Crippen molar-refractivity contribution in [3.05, 3.63) is 48.7 Å². The predicted octanol–water partition coefficient (Wildman–Crippen LogP) is 1.74. The van der Waals surface area contributed by atoms with Crippen LogP contribution in [0.3, 0.4) is 0 Å². The molecule has 0 bridgehead atoms. The lowest BCUT2D eigenvalue weighted by molar-refractivity contribution is -0.646. The molecule has 2 aliphatic rings. The van der Waals surface area contributed by atoms with Crippen molar-refractivity contribution in [1.29, 1.82) is 0 Å². The number of likely N-dealkylation sites (tertiary alicyclic amines) is 1. The number of aryl methyl sites for hydroxylation is 1. The summed E-state index contributed by atoms with van der Waals surface area (Å²) in [5.41, 5.74) is 3.55. The number of pyridine rings is 1. The number of anilines is 2. The van der Waals surface area contributed by atoms with E-state index < -0.39 is 0 Å². The maximum Gasteiger partial charge on any atom is 0.214 e. The van der Waals surface area contributed by atoms with E-state index in [0.29, 0.717) is 0 Å². The second kappa shape index (κ2) is 8.82. The Morgan fingerprint density at radius 2 is 1.90 bits per heavy atom. The zero-order valence-electron chi connectivity index (χ0n) is 16.7. The molecule has 1 N–H and O–H groups in total. The van der Waals surface area contributed by atoms with Gasteiger partial charge in [-0.15, -0.1) is 0 Å². The fourth-order valence-electron chi connectivity index (χ4n) is 4.16. The summed E-state index contributed by atoms with van der Waals surface area (Å²) >= 11 is 1.82. The van der Waals surface area contributed by atoms with Gasteiger partial charge < -0.3 is 22.5 Å². The molecule has 0 atom stereocenters. The third-order valence-electron chi connectivity index (χ3n) is 5.67. The van der Waals surface area contributed by atoms with E-state index in [0.717, 1.165) is 24.6 Å². The van der Waals surface area contributed by atoms with Crippen LogP contribution < -0.4 is 27.0 Å². The molecule has 2 aliphatic heterocycles. The Balaban J connectivity index is 0.00000205. The zero-order chi connectivity index (χ0) is 18.9. The van der Waals surface area contributed by atoms with Gasteiger partial charge in [0.1, 0.15) is 24.3 Å². The predicted molar refractivity (Wildman–Crippen MR) is 115 cm³/mol. The summed E-state index contributed by atoms with van der Waals surface area (Å²) < 4.78 is 8.27. The Hall–Kier alpha value is -1.95. The van der Waals surface area contributed by atoms with Gasteiger partial charge in [-0.1, -0.05) is 30.3 Å². The highest BCUT2D eigenvalue weighted by Crippen LogP contribution is 2.46. The molecule has 152 valence electrons. The standard InChI is InChI=1S/C23H25N3OS.ClH/c1-25-16-22-23(18-7-3-4-8-20(18)25)24-19-15-17(9-10-21(19)28-22)27-14-13-26-11-5-2-6-12-26;/h3-4,7-10,15-16H,2,5-6,11-14H2,1H3;1H. The second-order valence-electron chi connectivity index (χ2n) is 7.63. The summed E-state index contributed by atoms with van der Waals surface area (Å²) in [6.45, 7) is 4.20. The number of benzene rings is 2. The number of para-hydroxylation sites is 1. The number of aromatic nitrogens is 1. The number of piperidine rings is 1. The molecule has 0 amide bonds. The SMILES string of the molecule is C[n+]1cc2c(c3ccccc31)Nc1cc(OCCN3CCCCC3)ccc1S2.[Cl-]. The highest BCUT2D eigenvalue weighted by atomic mass is 35.5. The number of hydrogen-bond acceptors (Lipinski definition) is 4. The average molecular weight is 428 g/mol. The van der Waals surface area contributed by atoms with Crippen LogP contribution in [0.5, 0.6) is 5.75 Å². The largest absolute Gasteiger partial charge is 1.00 e. The van der Waals surface area contributed by atoms with Gasteiger partial charge in [0.2, 0.25) is 5.52 Å². The molecule has 2 aromatic carbocycles. The smallest absolute Gasteiger partial charge is 0.214 e. The van der Waals surface area contributed by atoms with Crippen molar-refractivity contribution in [1.82, 2.24) is 4.90 Å². The fraction of sp³-hybridized carbons (Fsp3) is 0.348. The van der Waals surface area contributed by atoms with E-state index in [1.807, 2.05) is 11.8 Å². The number of rotatable bonds is 4. The molecular weight excluding hydrogens is 402 g/mol. The van der Waals surface area contributed by atoms with Crippen molar-refractivity contribution < 1.29 is 21.7 Å². The van der Waals surface area contributed by atoms with Crippen molar-refractivity contribution in [2.24, 2.45) is 7.05 Å². The monoisotopic (exact) mass is 427 g/mol.